The van der Waals surface area contributed by atoms with Crippen LogP contribution in [0.5, 0.6) is 5.75 Å². The van der Waals surface area contributed by atoms with E-state index < -0.39 is 54.9 Å². The van der Waals surface area contributed by atoms with Gasteiger partial charge >= 0.3 is 0 Å². The monoisotopic (exact) mass is 474 g/mol. The molecule has 2 aromatic rings. The number of halogens is 3. The van der Waals surface area contributed by atoms with Gasteiger partial charge in [0.25, 0.3) is 0 Å². The first-order chi connectivity index (χ1) is 15.2. The lowest BCUT2D eigenvalue weighted by Gasteiger charge is -2.47. The Morgan fingerprint density at radius 3 is 2.31 bits per heavy atom. The summed E-state index contributed by atoms with van der Waals surface area (Å²) in [6.45, 7) is 0.192. The highest BCUT2D eigenvalue weighted by atomic mass is 35.5. The quantitative estimate of drug-likeness (QED) is 0.412. The maximum Gasteiger partial charge on any atom is 0.200 e. The number of ether oxygens (including phenoxy) is 2. The van der Waals surface area contributed by atoms with Crippen LogP contribution in [0.25, 0.3) is 0 Å². The van der Waals surface area contributed by atoms with Gasteiger partial charge in [0.15, 0.2) is 11.6 Å². The van der Waals surface area contributed by atoms with E-state index in [1.165, 1.54) is 30.3 Å². The highest BCUT2D eigenvalue weighted by Crippen LogP contribution is 2.39. The topological polar surface area (TPSA) is 120 Å². The number of benzene rings is 2. The average Bonchev–Trinajstić information content (AvgIpc) is 2.79. The molecule has 0 bridgehead atoms. The second-order valence-corrected chi connectivity index (χ2v) is 8.06. The molecule has 1 aliphatic heterocycles. The lowest BCUT2D eigenvalue weighted by atomic mass is 9.83. The average molecular weight is 475 g/mol. The number of hydrogen-bond donors (Lipinski definition) is 5. The Hall–Kier alpha value is -1.85. The van der Waals surface area contributed by atoms with Crippen molar-refractivity contribution in [1.82, 2.24) is 0 Å². The summed E-state index contributed by atoms with van der Waals surface area (Å²) in [6, 6.07) is 7.12. The molecule has 1 saturated heterocycles. The van der Waals surface area contributed by atoms with Crippen molar-refractivity contribution in [2.24, 2.45) is 0 Å². The maximum absolute atomic E-state index is 14.5. The van der Waals surface area contributed by atoms with Crippen molar-refractivity contribution in [3.05, 3.63) is 63.7 Å². The second-order valence-electron chi connectivity index (χ2n) is 7.66. The van der Waals surface area contributed by atoms with Gasteiger partial charge in [0.05, 0.1) is 19.8 Å². The molecular weight excluding hydrogens is 450 g/mol. The van der Waals surface area contributed by atoms with Crippen LogP contribution >= 0.6 is 11.6 Å². The third kappa shape index (κ3) is 4.47. The summed E-state index contributed by atoms with van der Waals surface area (Å²) in [6.07, 6.45) is -6.39. The second kappa shape index (κ2) is 9.96. The molecule has 32 heavy (non-hydrogen) atoms. The van der Waals surface area contributed by atoms with E-state index >= 15 is 0 Å². The predicted octanol–water partition coefficient (Wildman–Crippen LogP) is 1.49. The fourth-order valence-electron chi connectivity index (χ4n) is 3.73. The van der Waals surface area contributed by atoms with Crippen LogP contribution < -0.4 is 4.74 Å². The van der Waals surface area contributed by atoms with E-state index in [0.29, 0.717) is 11.1 Å². The van der Waals surface area contributed by atoms with Crippen LogP contribution in [0.4, 0.5) is 8.78 Å². The molecule has 1 heterocycles. The van der Waals surface area contributed by atoms with Crippen LogP contribution in [0.15, 0.2) is 30.3 Å². The number of hydrogen-bond acceptors (Lipinski definition) is 7. The van der Waals surface area contributed by atoms with Gasteiger partial charge in [-0.25, -0.2) is 4.39 Å². The lowest BCUT2D eigenvalue weighted by Crippen LogP contribution is -2.65. The minimum Gasteiger partial charge on any atom is -0.491 e. The summed E-state index contributed by atoms with van der Waals surface area (Å²) in [5, 5.41) is 50.4. The first kappa shape index (κ1) is 24.8. The summed E-state index contributed by atoms with van der Waals surface area (Å²) in [5.74, 6) is -2.40. The molecule has 0 aliphatic carbocycles. The molecule has 1 aliphatic rings. The third-order valence-corrected chi connectivity index (χ3v) is 5.99. The van der Waals surface area contributed by atoms with Crippen LogP contribution in [0.1, 0.15) is 29.7 Å². The van der Waals surface area contributed by atoms with E-state index in [1.807, 2.05) is 0 Å². The molecule has 3 rings (SSSR count). The molecule has 176 valence electrons. The van der Waals surface area contributed by atoms with Gasteiger partial charge in [-0.3, -0.25) is 0 Å². The number of aliphatic hydroxyl groups is 5. The van der Waals surface area contributed by atoms with Gasteiger partial charge in [-0.15, -0.1) is 0 Å². The Labute approximate surface area is 188 Å². The molecule has 0 amide bonds. The first-order valence-electron chi connectivity index (χ1n) is 10.0. The highest BCUT2D eigenvalue weighted by Gasteiger charge is 2.53. The van der Waals surface area contributed by atoms with E-state index in [9.17, 15) is 34.3 Å². The van der Waals surface area contributed by atoms with E-state index in [4.69, 9.17) is 21.1 Å². The third-order valence-electron chi connectivity index (χ3n) is 5.63. The Kier molecular flexibility index (Phi) is 7.72. The first-order valence-corrected chi connectivity index (χ1v) is 10.4. The van der Waals surface area contributed by atoms with Crippen LogP contribution in [0, 0.1) is 11.6 Å². The maximum atomic E-state index is 14.5. The largest absolute Gasteiger partial charge is 0.491 e. The summed E-state index contributed by atoms with van der Waals surface area (Å²) in [5.41, 5.74) is -1.22. The lowest BCUT2D eigenvalue weighted by molar-refractivity contribution is -0.289. The Balaban J connectivity index is 1.95. The van der Waals surface area contributed by atoms with Gasteiger partial charge in [-0.2, -0.15) is 4.39 Å². The molecule has 5 N–H and O–H groups in total. The Morgan fingerprint density at radius 2 is 1.69 bits per heavy atom. The van der Waals surface area contributed by atoms with Crippen molar-refractivity contribution < 1.29 is 43.8 Å². The molecular formula is C22H25ClF2O7. The van der Waals surface area contributed by atoms with Gasteiger partial charge in [-0.1, -0.05) is 29.8 Å². The molecule has 0 saturated carbocycles. The van der Waals surface area contributed by atoms with Crippen LogP contribution in [0.2, 0.25) is 5.02 Å². The van der Waals surface area contributed by atoms with Gasteiger partial charge < -0.3 is 35.0 Å². The summed E-state index contributed by atoms with van der Waals surface area (Å²) < 4.78 is 39.4. The molecule has 1 fully saturated rings. The zero-order valence-electron chi connectivity index (χ0n) is 17.2. The summed E-state index contributed by atoms with van der Waals surface area (Å²) in [4.78, 5) is 0. The predicted molar refractivity (Wildman–Crippen MR) is 111 cm³/mol. The van der Waals surface area contributed by atoms with Crippen molar-refractivity contribution in [3.63, 3.8) is 0 Å². The van der Waals surface area contributed by atoms with Crippen molar-refractivity contribution in [2.45, 2.75) is 43.4 Å². The number of rotatable bonds is 7. The fourth-order valence-corrected chi connectivity index (χ4v) is 3.92. The molecule has 10 heteroatoms. The zero-order valence-corrected chi connectivity index (χ0v) is 18.0. The van der Waals surface area contributed by atoms with E-state index in [-0.39, 0.29) is 29.4 Å². The molecule has 4 atom stereocenters. The van der Waals surface area contributed by atoms with Crippen molar-refractivity contribution in [3.8, 4) is 5.75 Å². The van der Waals surface area contributed by atoms with Crippen molar-refractivity contribution in [2.75, 3.05) is 19.8 Å². The minimum atomic E-state index is -1.91. The normalized spacial score (nSPS) is 25.0. The zero-order chi connectivity index (χ0) is 23.6. The van der Waals surface area contributed by atoms with Crippen molar-refractivity contribution in [1.29, 1.82) is 0 Å². The molecule has 1 unspecified atom stereocenters. The number of aliphatic hydroxyl groups excluding tert-OH is 5. The standard InChI is InChI=1S/C22H25ClF2O7/c1-2-31-15-6-4-11(16(24)17(15)25)7-13-8-12(3-5-14(13)23)20-18(28)19(29)21(30)22(9-26,10-27)32-20/h3-6,8,18-21,26-30H,2,7,9-10H2,1H3/t18-,19?,20+,21+/m1/s1. The smallest absolute Gasteiger partial charge is 0.200 e. The summed E-state index contributed by atoms with van der Waals surface area (Å²) >= 11 is 6.24. The van der Waals surface area contributed by atoms with Gasteiger partial charge in [0.1, 0.15) is 30.0 Å². The molecule has 0 radical (unpaired) electrons. The SMILES string of the molecule is CCOc1ccc(Cc2cc([C@@H]3OC(CO)(CO)[C@@H](O)C(O)[C@H]3O)ccc2Cl)c(F)c1F. The Bertz CT molecular complexity index is 954. The Morgan fingerprint density at radius 1 is 1.00 bits per heavy atom. The molecule has 2 aromatic carbocycles. The molecule has 0 spiro atoms. The van der Waals surface area contributed by atoms with Crippen LogP contribution in [-0.4, -0.2) is 69.3 Å². The van der Waals surface area contributed by atoms with E-state index in [1.54, 1.807) is 6.92 Å². The van der Waals surface area contributed by atoms with Crippen molar-refractivity contribution >= 4 is 11.6 Å². The van der Waals surface area contributed by atoms with E-state index in [0.717, 1.165) is 0 Å². The van der Waals surface area contributed by atoms with Crippen LogP contribution in [0.3, 0.4) is 0 Å². The van der Waals surface area contributed by atoms with Gasteiger partial charge in [0.2, 0.25) is 5.82 Å². The molecule has 0 aromatic heterocycles. The van der Waals surface area contributed by atoms with E-state index in [2.05, 4.69) is 0 Å². The van der Waals surface area contributed by atoms with Gasteiger partial charge in [-0.05, 0) is 35.7 Å². The molecule has 7 nitrogen and oxygen atoms in total. The van der Waals surface area contributed by atoms with Crippen LogP contribution in [-0.2, 0) is 11.2 Å². The van der Waals surface area contributed by atoms with Gasteiger partial charge in [0, 0.05) is 11.4 Å². The highest BCUT2D eigenvalue weighted by molar-refractivity contribution is 6.31. The summed E-state index contributed by atoms with van der Waals surface area (Å²) in [7, 11) is 0. The fraction of sp³-hybridized carbons (Fsp3) is 0.455. The minimum absolute atomic E-state index is 0.0191.